The van der Waals surface area contributed by atoms with Crippen molar-refractivity contribution in [1.82, 2.24) is 24.8 Å². The monoisotopic (exact) mass is 393 g/mol. The lowest BCUT2D eigenvalue weighted by Gasteiger charge is -2.28. The van der Waals surface area contributed by atoms with Crippen LogP contribution in [0.25, 0.3) is 0 Å². The van der Waals surface area contributed by atoms with Crippen molar-refractivity contribution in [2.45, 2.75) is 18.6 Å². The number of hydrogen-bond acceptors (Lipinski definition) is 4. The molecule has 0 bridgehead atoms. The molecule has 3 aromatic heterocycles. The Labute approximate surface area is 170 Å². The van der Waals surface area contributed by atoms with E-state index in [-0.39, 0.29) is 12.1 Å². The number of methoxy groups -OCH3 is 1. The molecular formula is C21H23N5OS. The van der Waals surface area contributed by atoms with Gasteiger partial charge >= 0.3 is 0 Å². The van der Waals surface area contributed by atoms with Gasteiger partial charge in [-0.1, -0.05) is 12.1 Å². The van der Waals surface area contributed by atoms with Crippen molar-refractivity contribution in [3.8, 4) is 0 Å². The summed E-state index contributed by atoms with van der Waals surface area (Å²) in [5.41, 5.74) is 3.32. The van der Waals surface area contributed by atoms with Gasteiger partial charge in [0.1, 0.15) is 0 Å². The van der Waals surface area contributed by atoms with Crippen LogP contribution in [0.4, 0.5) is 0 Å². The molecule has 1 fully saturated rings. The number of nitrogens with one attached hydrogen (secondary N) is 1. The van der Waals surface area contributed by atoms with E-state index in [1.165, 1.54) is 5.69 Å². The number of rotatable bonds is 7. The maximum atomic E-state index is 5.67. The van der Waals surface area contributed by atoms with Crippen LogP contribution in [0.2, 0.25) is 0 Å². The molecule has 2 atom stereocenters. The van der Waals surface area contributed by atoms with Crippen LogP contribution < -0.4 is 5.32 Å². The lowest BCUT2D eigenvalue weighted by molar-refractivity contribution is 0.162. The minimum atomic E-state index is -0.0203. The summed E-state index contributed by atoms with van der Waals surface area (Å²) in [6.07, 6.45) is 7.63. The highest BCUT2D eigenvalue weighted by atomic mass is 32.1. The van der Waals surface area contributed by atoms with Crippen LogP contribution in [0.3, 0.4) is 0 Å². The van der Waals surface area contributed by atoms with Crippen molar-refractivity contribution in [3.63, 3.8) is 0 Å². The van der Waals surface area contributed by atoms with Crippen LogP contribution in [0.15, 0.2) is 67.3 Å². The third kappa shape index (κ3) is 3.76. The Morgan fingerprint density at radius 3 is 2.82 bits per heavy atom. The Morgan fingerprint density at radius 1 is 1.14 bits per heavy atom. The van der Waals surface area contributed by atoms with Crippen molar-refractivity contribution < 1.29 is 4.74 Å². The average molecular weight is 394 g/mol. The van der Waals surface area contributed by atoms with Crippen LogP contribution in [-0.4, -0.2) is 44.8 Å². The van der Waals surface area contributed by atoms with E-state index in [1.54, 1.807) is 13.3 Å². The fraction of sp³-hybridized carbons (Fsp3) is 0.286. The zero-order valence-corrected chi connectivity index (χ0v) is 16.5. The van der Waals surface area contributed by atoms with E-state index < -0.39 is 0 Å². The number of ether oxygens (including phenoxy) is 1. The zero-order valence-electron chi connectivity index (χ0n) is 15.7. The fourth-order valence-electron chi connectivity index (χ4n) is 3.69. The molecule has 1 aliphatic heterocycles. The van der Waals surface area contributed by atoms with E-state index in [0.29, 0.717) is 13.2 Å². The summed E-state index contributed by atoms with van der Waals surface area (Å²) >= 11 is 5.67. The van der Waals surface area contributed by atoms with Crippen LogP contribution in [-0.2, 0) is 11.3 Å². The van der Waals surface area contributed by atoms with Crippen LogP contribution in [0, 0.1) is 0 Å². The molecule has 0 amide bonds. The van der Waals surface area contributed by atoms with E-state index in [9.17, 15) is 0 Å². The van der Waals surface area contributed by atoms with Gasteiger partial charge in [0.05, 0.1) is 24.4 Å². The average Bonchev–Trinajstić information content (AvgIpc) is 3.31. The van der Waals surface area contributed by atoms with E-state index >= 15 is 0 Å². The molecule has 0 aromatic carbocycles. The van der Waals surface area contributed by atoms with Crippen molar-refractivity contribution >= 4 is 17.3 Å². The Morgan fingerprint density at radius 2 is 2.07 bits per heavy atom. The van der Waals surface area contributed by atoms with E-state index in [2.05, 4.69) is 49.1 Å². The number of pyridine rings is 2. The molecule has 0 radical (unpaired) electrons. The molecule has 0 aliphatic carbocycles. The van der Waals surface area contributed by atoms with Gasteiger partial charge in [-0.05, 0) is 48.1 Å². The second-order valence-electron chi connectivity index (χ2n) is 6.74. The molecule has 3 aromatic rings. The van der Waals surface area contributed by atoms with Gasteiger partial charge in [-0.2, -0.15) is 0 Å². The van der Waals surface area contributed by atoms with Gasteiger partial charge in [0.25, 0.3) is 0 Å². The highest BCUT2D eigenvalue weighted by Gasteiger charge is 2.40. The van der Waals surface area contributed by atoms with Crippen LogP contribution in [0.1, 0.15) is 29.0 Å². The predicted molar refractivity (Wildman–Crippen MR) is 112 cm³/mol. The second-order valence-corrected chi connectivity index (χ2v) is 7.12. The summed E-state index contributed by atoms with van der Waals surface area (Å²) in [6.45, 7) is 2.08. The number of hydrogen-bond donors (Lipinski definition) is 1. The normalized spacial score (nSPS) is 19.0. The second kappa shape index (κ2) is 8.50. The first-order valence-corrected chi connectivity index (χ1v) is 9.69. The summed E-state index contributed by atoms with van der Waals surface area (Å²) < 4.78 is 7.58. The number of thiocarbonyl (C=S) groups is 1. The van der Waals surface area contributed by atoms with Crippen molar-refractivity contribution in [2.75, 3.05) is 20.3 Å². The third-order valence-electron chi connectivity index (χ3n) is 4.98. The number of aromatic nitrogens is 3. The van der Waals surface area contributed by atoms with Crippen molar-refractivity contribution in [1.29, 1.82) is 0 Å². The molecule has 1 aliphatic rings. The first kappa shape index (κ1) is 18.6. The summed E-state index contributed by atoms with van der Waals surface area (Å²) in [7, 11) is 1.71. The van der Waals surface area contributed by atoms with Gasteiger partial charge in [-0.3, -0.25) is 9.97 Å². The minimum Gasteiger partial charge on any atom is -0.383 e. The van der Waals surface area contributed by atoms with Crippen LogP contribution in [0.5, 0.6) is 0 Å². The molecule has 6 nitrogen and oxygen atoms in total. The highest BCUT2D eigenvalue weighted by Crippen LogP contribution is 2.38. The molecule has 0 unspecified atom stereocenters. The summed E-state index contributed by atoms with van der Waals surface area (Å²) in [6, 6.07) is 14.3. The van der Waals surface area contributed by atoms with Gasteiger partial charge in [0.15, 0.2) is 5.11 Å². The molecule has 0 saturated carbocycles. The molecule has 1 N–H and O–H groups in total. The molecule has 1 saturated heterocycles. The molecule has 0 spiro atoms. The van der Waals surface area contributed by atoms with Gasteiger partial charge in [-0.15, -0.1) is 0 Å². The summed E-state index contributed by atoms with van der Waals surface area (Å²) in [5.74, 6) is 0. The van der Waals surface area contributed by atoms with Gasteiger partial charge < -0.3 is 19.5 Å². The minimum absolute atomic E-state index is 0.0203. The molecule has 4 heterocycles. The Balaban J connectivity index is 1.70. The molecule has 28 heavy (non-hydrogen) atoms. The molecule has 7 heteroatoms. The van der Waals surface area contributed by atoms with E-state index in [0.717, 1.165) is 22.9 Å². The third-order valence-corrected chi connectivity index (χ3v) is 5.33. The largest absolute Gasteiger partial charge is 0.383 e. The summed E-state index contributed by atoms with van der Waals surface area (Å²) in [5, 5.41) is 4.20. The Hall–Kier alpha value is -2.77. The van der Waals surface area contributed by atoms with Crippen LogP contribution >= 0.6 is 12.2 Å². The van der Waals surface area contributed by atoms with Gasteiger partial charge in [-0.25, -0.2) is 0 Å². The SMILES string of the molecule is COCCN1C(=S)N[C@H](c2ccccn2)[C@H]1c1cccn1Cc1cccnc1. The van der Waals surface area contributed by atoms with E-state index in [1.807, 2.05) is 36.7 Å². The van der Waals surface area contributed by atoms with Crippen molar-refractivity contribution in [3.05, 3.63) is 84.2 Å². The summed E-state index contributed by atoms with van der Waals surface area (Å²) in [4.78, 5) is 11.0. The lowest BCUT2D eigenvalue weighted by atomic mass is 10.0. The molecule has 4 rings (SSSR count). The maximum Gasteiger partial charge on any atom is 0.170 e. The quantitative estimate of drug-likeness (QED) is 0.623. The topological polar surface area (TPSA) is 55.2 Å². The predicted octanol–water partition coefficient (Wildman–Crippen LogP) is 2.95. The maximum absolute atomic E-state index is 5.67. The molecular weight excluding hydrogens is 370 g/mol. The van der Waals surface area contributed by atoms with Crippen molar-refractivity contribution in [2.24, 2.45) is 0 Å². The Kier molecular flexibility index (Phi) is 5.64. The zero-order chi connectivity index (χ0) is 19.3. The first-order chi connectivity index (χ1) is 13.8. The highest BCUT2D eigenvalue weighted by molar-refractivity contribution is 7.80. The Bertz CT molecular complexity index is 915. The fourth-order valence-corrected chi connectivity index (χ4v) is 4.02. The van der Waals surface area contributed by atoms with Gasteiger partial charge in [0, 0.05) is 50.7 Å². The van der Waals surface area contributed by atoms with Gasteiger partial charge in [0.2, 0.25) is 0 Å². The standard InChI is InChI=1S/C21H23N5OS/c1-27-13-12-26-20(19(24-21(26)28)17-7-2-3-10-23-17)18-8-5-11-25(18)15-16-6-4-9-22-14-16/h2-11,14,19-20H,12-13,15H2,1H3,(H,24,28)/t19-,20-/m1/s1. The molecule has 144 valence electrons. The first-order valence-electron chi connectivity index (χ1n) is 9.29. The van der Waals surface area contributed by atoms with E-state index in [4.69, 9.17) is 17.0 Å². The lowest BCUT2D eigenvalue weighted by Crippen LogP contribution is -2.33. The number of nitrogens with zero attached hydrogens (tertiary/aromatic N) is 4. The smallest absolute Gasteiger partial charge is 0.170 e.